The number of carbonyl (C=O) groups is 3. The summed E-state index contributed by atoms with van der Waals surface area (Å²) in [6.45, 7) is 8.17. The molecule has 0 aromatic heterocycles. The minimum atomic E-state index is -0.591. The van der Waals surface area contributed by atoms with Crippen LogP contribution in [-0.2, 0) is 19.1 Å². The largest absolute Gasteiger partial charge is 0.466 e. The summed E-state index contributed by atoms with van der Waals surface area (Å²) in [6, 6.07) is 8.59. The van der Waals surface area contributed by atoms with Crippen molar-refractivity contribution in [3.63, 3.8) is 0 Å². The van der Waals surface area contributed by atoms with Crippen LogP contribution in [0.1, 0.15) is 45.2 Å². The molecule has 2 aliphatic heterocycles. The molecular weight excluding hydrogens is 410 g/mol. The molecule has 8 nitrogen and oxygen atoms in total. The van der Waals surface area contributed by atoms with Gasteiger partial charge in [0.15, 0.2) is 0 Å². The number of amides is 2. The SMILES string of the molecule is CCOC(=O)C1=C(CN2CCCC(C(=O)OCC)C2)N(CC)C(=O)NC1c1ccccc1. The van der Waals surface area contributed by atoms with Crippen molar-refractivity contribution in [1.82, 2.24) is 15.1 Å². The molecule has 8 heteroatoms. The fraction of sp³-hybridized carbons (Fsp3) is 0.542. The molecule has 3 rings (SSSR count). The van der Waals surface area contributed by atoms with Gasteiger partial charge < -0.3 is 14.8 Å². The highest BCUT2D eigenvalue weighted by atomic mass is 16.5. The first-order valence-electron chi connectivity index (χ1n) is 11.4. The maximum atomic E-state index is 13.1. The summed E-state index contributed by atoms with van der Waals surface area (Å²) >= 11 is 0. The maximum Gasteiger partial charge on any atom is 0.338 e. The van der Waals surface area contributed by atoms with E-state index >= 15 is 0 Å². The highest BCUT2D eigenvalue weighted by Gasteiger charge is 2.39. The summed E-state index contributed by atoms with van der Waals surface area (Å²) in [7, 11) is 0. The van der Waals surface area contributed by atoms with Crippen molar-refractivity contribution < 1.29 is 23.9 Å². The predicted molar refractivity (Wildman–Crippen MR) is 120 cm³/mol. The number of likely N-dealkylation sites (N-methyl/N-ethyl adjacent to an activating group) is 1. The average Bonchev–Trinajstić information content (AvgIpc) is 2.80. The van der Waals surface area contributed by atoms with Gasteiger partial charge in [-0.3, -0.25) is 14.6 Å². The standard InChI is InChI=1S/C24H33N3O5/c1-4-27-19(16-26-14-10-13-18(15-26)22(28)31-5-2)20(23(29)32-6-3)21(25-24(27)30)17-11-8-7-9-12-17/h7-9,11-12,18,21H,4-6,10,13-16H2,1-3H3,(H,25,30). The molecule has 0 radical (unpaired) electrons. The highest BCUT2D eigenvalue weighted by Crippen LogP contribution is 2.32. The third-order valence-corrected chi connectivity index (χ3v) is 5.88. The monoisotopic (exact) mass is 443 g/mol. The van der Waals surface area contributed by atoms with E-state index in [1.807, 2.05) is 37.3 Å². The van der Waals surface area contributed by atoms with Crippen LogP contribution in [-0.4, -0.2) is 67.2 Å². The van der Waals surface area contributed by atoms with Crippen LogP contribution in [0.4, 0.5) is 4.79 Å². The molecule has 2 amide bonds. The van der Waals surface area contributed by atoms with Crippen molar-refractivity contribution in [3.05, 3.63) is 47.2 Å². The molecule has 174 valence electrons. The molecule has 1 fully saturated rings. The number of hydrogen-bond acceptors (Lipinski definition) is 6. The van der Waals surface area contributed by atoms with Crippen molar-refractivity contribution in [1.29, 1.82) is 0 Å². The van der Waals surface area contributed by atoms with Gasteiger partial charge in [-0.1, -0.05) is 30.3 Å². The van der Waals surface area contributed by atoms with Gasteiger partial charge in [-0.15, -0.1) is 0 Å². The van der Waals surface area contributed by atoms with Gasteiger partial charge in [-0.25, -0.2) is 9.59 Å². The number of carbonyl (C=O) groups excluding carboxylic acids is 3. The Morgan fingerprint density at radius 3 is 2.47 bits per heavy atom. The Kier molecular flexibility index (Phi) is 8.27. The minimum Gasteiger partial charge on any atom is -0.466 e. The molecule has 2 heterocycles. The fourth-order valence-electron chi connectivity index (χ4n) is 4.42. The van der Waals surface area contributed by atoms with Crippen LogP contribution in [0.5, 0.6) is 0 Å². The summed E-state index contributed by atoms with van der Waals surface area (Å²) < 4.78 is 10.6. The number of rotatable bonds is 8. The van der Waals surface area contributed by atoms with Gasteiger partial charge in [0.25, 0.3) is 0 Å². The van der Waals surface area contributed by atoms with E-state index in [0.29, 0.717) is 37.5 Å². The third kappa shape index (κ3) is 5.30. The zero-order valence-electron chi connectivity index (χ0n) is 19.1. The minimum absolute atomic E-state index is 0.187. The quantitative estimate of drug-likeness (QED) is 0.622. The van der Waals surface area contributed by atoms with Gasteiger partial charge in [0.1, 0.15) is 0 Å². The lowest BCUT2D eigenvalue weighted by atomic mass is 9.93. The summed E-state index contributed by atoms with van der Waals surface area (Å²) in [4.78, 5) is 42.1. The van der Waals surface area contributed by atoms with Crippen LogP contribution in [0.2, 0.25) is 0 Å². The number of nitrogens with zero attached hydrogens (tertiary/aromatic N) is 2. The predicted octanol–water partition coefficient (Wildman–Crippen LogP) is 2.87. The van der Waals surface area contributed by atoms with Gasteiger partial charge >= 0.3 is 18.0 Å². The van der Waals surface area contributed by atoms with E-state index in [1.54, 1.807) is 18.7 Å². The lowest BCUT2D eigenvalue weighted by Crippen LogP contribution is -2.51. The zero-order valence-corrected chi connectivity index (χ0v) is 19.1. The number of likely N-dealkylation sites (tertiary alicyclic amines) is 1. The van der Waals surface area contributed by atoms with Crippen LogP contribution in [0.3, 0.4) is 0 Å². The Bertz CT molecular complexity index is 854. The van der Waals surface area contributed by atoms with E-state index in [-0.39, 0.29) is 24.5 Å². The first kappa shape index (κ1) is 23.8. The van der Waals surface area contributed by atoms with Crippen LogP contribution in [0.25, 0.3) is 0 Å². The second-order valence-electron chi connectivity index (χ2n) is 7.94. The molecular formula is C24H33N3O5. The second-order valence-corrected chi connectivity index (χ2v) is 7.94. The van der Waals surface area contributed by atoms with Gasteiger partial charge in [0.05, 0.1) is 30.7 Å². The fourth-order valence-corrected chi connectivity index (χ4v) is 4.42. The lowest BCUT2D eigenvalue weighted by molar-refractivity contribution is -0.150. The Morgan fingerprint density at radius 1 is 1.09 bits per heavy atom. The molecule has 1 aromatic carbocycles. The summed E-state index contributed by atoms with van der Waals surface area (Å²) in [5, 5.41) is 2.97. The molecule has 1 saturated heterocycles. The molecule has 0 spiro atoms. The van der Waals surface area contributed by atoms with Crippen LogP contribution in [0, 0.1) is 5.92 Å². The van der Waals surface area contributed by atoms with Crippen LogP contribution >= 0.6 is 0 Å². The first-order valence-corrected chi connectivity index (χ1v) is 11.4. The Balaban J connectivity index is 1.98. The first-order chi connectivity index (χ1) is 15.5. The molecule has 1 aromatic rings. The number of hydrogen-bond donors (Lipinski definition) is 1. The van der Waals surface area contributed by atoms with Crippen molar-refractivity contribution in [3.8, 4) is 0 Å². The second kappa shape index (κ2) is 11.1. The number of benzene rings is 1. The van der Waals surface area contributed by atoms with E-state index in [1.165, 1.54) is 0 Å². The average molecular weight is 444 g/mol. The van der Waals surface area contributed by atoms with Crippen LogP contribution in [0.15, 0.2) is 41.6 Å². The molecule has 2 atom stereocenters. The van der Waals surface area contributed by atoms with E-state index in [4.69, 9.17) is 9.47 Å². The van der Waals surface area contributed by atoms with Crippen molar-refractivity contribution in [2.24, 2.45) is 5.92 Å². The van der Waals surface area contributed by atoms with Gasteiger partial charge in [0.2, 0.25) is 0 Å². The van der Waals surface area contributed by atoms with E-state index < -0.39 is 12.0 Å². The number of urea groups is 1. The number of ether oxygens (including phenoxy) is 2. The normalized spacial score (nSPS) is 21.8. The zero-order chi connectivity index (χ0) is 23.1. The molecule has 2 aliphatic rings. The summed E-state index contributed by atoms with van der Waals surface area (Å²) in [6.07, 6.45) is 1.63. The summed E-state index contributed by atoms with van der Waals surface area (Å²) in [5.74, 6) is -0.825. The smallest absolute Gasteiger partial charge is 0.338 e. The van der Waals surface area contributed by atoms with Crippen molar-refractivity contribution >= 4 is 18.0 Å². The van der Waals surface area contributed by atoms with E-state index in [2.05, 4.69) is 10.2 Å². The molecule has 0 bridgehead atoms. The molecule has 0 saturated carbocycles. The lowest BCUT2D eigenvalue weighted by Gasteiger charge is -2.39. The van der Waals surface area contributed by atoms with Gasteiger partial charge in [-0.05, 0) is 45.7 Å². The molecule has 2 unspecified atom stereocenters. The number of esters is 2. The topological polar surface area (TPSA) is 88.2 Å². The van der Waals surface area contributed by atoms with Gasteiger partial charge in [-0.2, -0.15) is 0 Å². The highest BCUT2D eigenvalue weighted by molar-refractivity contribution is 5.95. The van der Waals surface area contributed by atoms with E-state index in [9.17, 15) is 14.4 Å². The Morgan fingerprint density at radius 2 is 1.81 bits per heavy atom. The Hall–Kier alpha value is -2.87. The maximum absolute atomic E-state index is 13.1. The van der Waals surface area contributed by atoms with E-state index in [0.717, 1.165) is 24.9 Å². The molecule has 32 heavy (non-hydrogen) atoms. The van der Waals surface area contributed by atoms with Crippen molar-refractivity contribution in [2.75, 3.05) is 39.4 Å². The van der Waals surface area contributed by atoms with Crippen molar-refractivity contribution in [2.45, 2.75) is 39.7 Å². The third-order valence-electron chi connectivity index (χ3n) is 5.88. The molecule has 1 N–H and O–H groups in total. The number of piperidine rings is 1. The summed E-state index contributed by atoms with van der Waals surface area (Å²) in [5.41, 5.74) is 1.89. The van der Waals surface area contributed by atoms with Gasteiger partial charge in [0, 0.05) is 25.3 Å². The van der Waals surface area contributed by atoms with Crippen LogP contribution < -0.4 is 5.32 Å². The number of nitrogens with one attached hydrogen (secondary N) is 1. The molecule has 0 aliphatic carbocycles. The Labute approximate surface area is 189 Å².